The Morgan fingerprint density at radius 1 is 1.00 bits per heavy atom. The van der Waals surface area contributed by atoms with E-state index in [-0.39, 0.29) is 0 Å². The minimum atomic E-state index is -0.672. The Morgan fingerprint density at radius 3 is 2.76 bits per heavy atom. The van der Waals surface area contributed by atoms with Gasteiger partial charge in [0.15, 0.2) is 6.23 Å². The number of fused-ring (bicyclic) bond motifs is 2. The van der Waals surface area contributed by atoms with E-state index in [9.17, 15) is 5.11 Å². The predicted molar refractivity (Wildman–Crippen MR) is 85.7 cm³/mol. The summed E-state index contributed by atoms with van der Waals surface area (Å²) in [4.78, 5) is 4.37. The number of aliphatic hydroxyl groups excluding tert-OH is 1. The van der Waals surface area contributed by atoms with Crippen molar-refractivity contribution in [3.63, 3.8) is 0 Å². The summed E-state index contributed by atoms with van der Waals surface area (Å²) in [5.41, 5.74) is 4.93. The lowest BCUT2D eigenvalue weighted by molar-refractivity contribution is 0.266. The highest BCUT2D eigenvalue weighted by molar-refractivity contribution is 5.98. The number of pyridine rings is 1. The third kappa shape index (κ3) is 1.99. The van der Waals surface area contributed by atoms with Crippen molar-refractivity contribution in [1.29, 1.82) is 0 Å². The number of aromatic nitrogens is 1. The molecule has 1 aromatic heterocycles. The second-order valence-corrected chi connectivity index (χ2v) is 5.11. The van der Waals surface area contributed by atoms with Gasteiger partial charge in [0.05, 0.1) is 5.52 Å². The van der Waals surface area contributed by atoms with Gasteiger partial charge in [-0.25, -0.2) is 0 Å². The molecule has 2 heterocycles. The van der Waals surface area contributed by atoms with Gasteiger partial charge in [-0.1, -0.05) is 36.4 Å². The van der Waals surface area contributed by atoms with Gasteiger partial charge >= 0.3 is 0 Å². The first-order valence-electron chi connectivity index (χ1n) is 6.92. The fraction of sp³-hybridized carbons (Fsp3) is 0.0556. The van der Waals surface area contributed by atoms with Crippen LogP contribution in [0.5, 0.6) is 0 Å². The second kappa shape index (κ2) is 4.72. The minimum Gasteiger partial charge on any atom is -0.369 e. The molecule has 21 heavy (non-hydrogen) atoms. The van der Waals surface area contributed by atoms with Crippen LogP contribution in [0.1, 0.15) is 11.1 Å². The molecule has 4 rings (SSSR count). The molecule has 1 atom stereocenters. The first-order valence-corrected chi connectivity index (χ1v) is 6.92. The zero-order chi connectivity index (χ0) is 14.2. The lowest BCUT2D eigenvalue weighted by atomic mass is 10.0. The van der Waals surface area contributed by atoms with E-state index >= 15 is 0 Å². The molecule has 1 unspecified atom stereocenters. The van der Waals surface area contributed by atoms with Crippen LogP contribution in [-0.2, 0) is 0 Å². The van der Waals surface area contributed by atoms with Crippen molar-refractivity contribution >= 4 is 28.2 Å². The third-order valence-corrected chi connectivity index (χ3v) is 3.82. The standard InChI is InChI=1S/C18H14N2O/c21-18-15(14-6-2-4-8-17(14)20-18)11-12-9-10-19-16-7-3-1-5-13(12)16/h1-11,18,20-21H. The largest absolute Gasteiger partial charge is 0.369 e. The van der Waals surface area contributed by atoms with Crippen LogP contribution in [0.25, 0.3) is 22.6 Å². The second-order valence-electron chi connectivity index (χ2n) is 5.11. The molecule has 2 aromatic carbocycles. The van der Waals surface area contributed by atoms with Crippen molar-refractivity contribution in [1.82, 2.24) is 4.98 Å². The molecular formula is C18H14N2O. The van der Waals surface area contributed by atoms with Gasteiger partial charge in [0.25, 0.3) is 0 Å². The fourth-order valence-electron chi connectivity index (χ4n) is 2.80. The summed E-state index contributed by atoms with van der Waals surface area (Å²) in [5, 5.41) is 14.4. The molecule has 3 nitrogen and oxygen atoms in total. The number of nitrogens with one attached hydrogen (secondary N) is 1. The smallest absolute Gasteiger partial charge is 0.151 e. The van der Waals surface area contributed by atoms with Gasteiger partial charge in [-0.15, -0.1) is 0 Å². The quantitative estimate of drug-likeness (QED) is 0.713. The molecule has 0 saturated heterocycles. The summed E-state index contributed by atoms with van der Waals surface area (Å²) in [6.07, 6.45) is 3.16. The summed E-state index contributed by atoms with van der Waals surface area (Å²) in [6.45, 7) is 0. The van der Waals surface area contributed by atoms with E-state index in [1.165, 1.54) is 0 Å². The van der Waals surface area contributed by atoms with Crippen LogP contribution in [-0.4, -0.2) is 16.3 Å². The van der Waals surface area contributed by atoms with Crippen LogP contribution in [0.4, 0.5) is 5.69 Å². The Kier molecular flexibility index (Phi) is 2.72. The summed E-state index contributed by atoms with van der Waals surface area (Å²) < 4.78 is 0. The average Bonchev–Trinajstić information content (AvgIpc) is 2.84. The molecule has 0 saturated carbocycles. The monoisotopic (exact) mass is 274 g/mol. The molecule has 0 radical (unpaired) electrons. The zero-order valence-electron chi connectivity index (χ0n) is 11.3. The molecule has 3 heteroatoms. The van der Waals surface area contributed by atoms with Crippen LogP contribution in [0.15, 0.2) is 60.8 Å². The highest BCUT2D eigenvalue weighted by Crippen LogP contribution is 2.35. The molecular weight excluding hydrogens is 260 g/mol. The maximum Gasteiger partial charge on any atom is 0.151 e. The van der Waals surface area contributed by atoms with E-state index in [2.05, 4.69) is 16.4 Å². The van der Waals surface area contributed by atoms with Crippen molar-refractivity contribution in [2.45, 2.75) is 6.23 Å². The zero-order valence-corrected chi connectivity index (χ0v) is 11.3. The highest BCUT2D eigenvalue weighted by atomic mass is 16.3. The maximum atomic E-state index is 10.2. The van der Waals surface area contributed by atoms with E-state index in [0.717, 1.165) is 33.3 Å². The van der Waals surface area contributed by atoms with Gasteiger partial charge in [0.1, 0.15) is 0 Å². The Morgan fingerprint density at radius 2 is 1.81 bits per heavy atom. The average molecular weight is 274 g/mol. The van der Waals surface area contributed by atoms with Gasteiger partial charge in [0.2, 0.25) is 0 Å². The lowest BCUT2D eigenvalue weighted by Crippen LogP contribution is -2.12. The van der Waals surface area contributed by atoms with Crippen molar-refractivity contribution in [3.05, 3.63) is 71.9 Å². The molecule has 102 valence electrons. The van der Waals surface area contributed by atoms with Gasteiger partial charge in [-0.3, -0.25) is 4.98 Å². The summed E-state index contributed by atoms with van der Waals surface area (Å²) in [5.74, 6) is 0. The van der Waals surface area contributed by atoms with E-state index in [1.807, 2.05) is 54.6 Å². The van der Waals surface area contributed by atoms with Crippen LogP contribution in [0.3, 0.4) is 0 Å². The van der Waals surface area contributed by atoms with E-state index < -0.39 is 6.23 Å². The summed E-state index contributed by atoms with van der Waals surface area (Å²) in [6, 6.07) is 17.9. The summed E-state index contributed by atoms with van der Waals surface area (Å²) >= 11 is 0. The van der Waals surface area contributed by atoms with Gasteiger partial charge in [-0.2, -0.15) is 0 Å². The molecule has 1 aliphatic heterocycles. The van der Waals surface area contributed by atoms with Crippen LogP contribution in [0, 0.1) is 0 Å². The van der Waals surface area contributed by atoms with E-state index in [0.29, 0.717) is 0 Å². The number of benzene rings is 2. The Balaban J connectivity index is 1.91. The predicted octanol–water partition coefficient (Wildman–Crippen LogP) is 3.52. The molecule has 0 fully saturated rings. The first kappa shape index (κ1) is 12.1. The third-order valence-electron chi connectivity index (χ3n) is 3.82. The molecule has 0 spiro atoms. The van der Waals surface area contributed by atoms with Crippen LogP contribution >= 0.6 is 0 Å². The molecule has 0 aliphatic carbocycles. The topological polar surface area (TPSA) is 45.1 Å². The maximum absolute atomic E-state index is 10.2. The van der Waals surface area contributed by atoms with Crippen molar-refractivity contribution in [2.75, 3.05) is 5.32 Å². The normalized spacial score (nSPS) is 18.7. The Hall–Kier alpha value is -2.65. The van der Waals surface area contributed by atoms with E-state index in [1.54, 1.807) is 6.20 Å². The molecule has 3 aromatic rings. The number of hydrogen-bond donors (Lipinski definition) is 2. The van der Waals surface area contributed by atoms with Crippen LogP contribution in [0.2, 0.25) is 0 Å². The Bertz CT molecular complexity index is 849. The van der Waals surface area contributed by atoms with Crippen molar-refractivity contribution in [2.24, 2.45) is 0 Å². The van der Waals surface area contributed by atoms with Gasteiger partial charge in [-0.05, 0) is 29.8 Å². The molecule has 0 bridgehead atoms. The molecule has 0 amide bonds. The minimum absolute atomic E-state index is 0.672. The number of para-hydroxylation sites is 2. The molecule has 1 aliphatic rings. The van der Waals surface area contributed by atoms with Crippen molar-refractivity contribution < 1.29 is 5.11 Å². The lowest BCUT2D eigenvalue weighted by Gasteiger charge is -2.07. The first-order chi connectivity index (χ1) is 10.3. The number of anilines is 1. The van der Waals surface area contributed by atoms with Crippen LogP contribution < -0.4 is 5.32 Å². The highest BCUT2D eigenvalue weighted by Gasteiger charge is 2.23. The number of rotatable bonds is 1. The van der Waals surface area contributed by atoms with E-state index in [4.69, 9.17) is 0 Å². The summed E-state index contributed by atoms with van der Waals surface area (Å²) in [7, 11) is 0. The van der Waals surface area contributed by atoms with Crippen molar-refractivity contribution in [3.8, 4) is 0 Å². The van der Waals surface area contributed by atoms with Gasteiger partial charge in [0, 0.05) is 28.4 Å². The number of hydrogen-bond acceptors (Lipinski definition) is 3. The number of nitrogens with zero attached hydrogens (tertiary/aromatic N) is 1. The molecule has 2 N–H and O–H groups in total. The SMILES string of the molecule is OC1Nc2ccccc2C1=Cc1ccnc2ccccc12. The number of aliphatic hydroxyl groups is 1. The van der Waals surface area contributed by atoms with Gasteiger partial charge < -0.3 is 10.4 Å². The Labute approximate surface area is 122 Å². The fourth-order valence-corrected chi connectivity index (χ4v) is 2.80.